The molecule has 0 radical (unpaired) electrons. The molecular formula is C16H20FN3O. The van der Waals surface area contributed by atoms with E-state index >= 15 is 0 Å². The Morgan fingerprint density at radius 1 is 1.38 bits per heavy atom. The summed E-state index contributed by atoms with van der Waals surface area (Å²) in [6, 6.07) is 4.43. The number of halogens is 1. The topological polar surface area (TPSA) is 38.1 Å². The van der Waals surface area contributed by atoms with Crippen LogP contribution in [0.4, 0.5) is 4.39 Å². The summed E-state index contributed by atoms with van der Waals surface area (Å²) >= 11 is 0. The molecule has 1 aromatic heterocycles. The van der Waals surface area contributed by atoms with E-state index in [1.54, 1.807) is 28.8 Å². The Kier molecular flexibility index (Phi) is 4.73. The molecule has 0 bridgehead atoms. The highest BCUT2D eigenvalue weighted by atomic mass is 19.1. The highest BCUT2D eigenvalue weighted by molar-refractivity contribution is 5.94. The maximum atomic E-state index is 13.5. The van der Waals surface area contributed by atoms with Gasteiger partial charge in [0.05, 0.1) is 6.20 Å². The molecule has 0 spiro atoms. The van der Waals surface area contributed by atoms with Crippen LogP contribution in [0.5, 0.6) is 0 Å². The van der Waals surface area contributed by atoms with Crippen molar-refractivity contribution in [1.82, 2.24) is 14.7 Å². The van der Waals surface area contributed by atoms with Gasteiger partial charge in [-0.15, -0.1) is 0 Å². The monoisotopic (exact) mass is 289 g/mol. The lowest BCUT2D eigenvalue weighted by molar-refractivity contribution is 0.0742. The second kappa shape index (κ2) is 6.52. The van der Waals surface area contributed by atoms with Gasteiger partial charge in [0, 0.05) is 37.5 Å². The van der Waals surface area contributed by atoms with E-state index in [1.165, 1.54) is 12.1 Å². The lowest BCUT2D eigenvalue weighted by Gasteiger charge is -2.21. The first kappa shape index (κ1) is 15.2. The van der Waals surface area contributed by atoms with Crippen LogP contribution in [0, 0.1) is 12.7 Å². The number of carbonyl (C=O) groups is 1. The Bertz CT molecular complexity index is 616. The zero-order chi connectivity index (χ0) is 15.4. The second-order valence-corrected chi connectivity index (χ2v) is 5.27. The minimum absolute atomic E-state index is 0.150. The van der Waals surface area contributed by atoms with Crippen LogP contribution >= 0.6 is 0 Å². The summed E-state index contributed by atoms with van der Waals surface area (Å²) in [5, 5.41) is 4.11. The van der Waals surface area contributed by atoms with Crippen molar-refractivity contribution < 1.29 is 9.18 Å². The van der Waals surface area contributed by atoms with E-state index in [9.17, 15) is 9.18 Å². The average Bonchev–Trinajstić information content (AvgIpc) is 2.82. The van der Waals surface area contributed by atoms with Crippen molar-refractivity contribution in [1.29, 1.82) is 0 Å². The van der Waals surface area contributed by atoms with Crippen LogP contribution in [0.3, 0.4) is 0 Å². The number of benzene rings is 1. The fourth-order valence-electron chi connectivity index (χ4n) is 2.34. The van der Waals surface area contributed by atoms with Crippen molar-refractivity contribution in [2.75, 3.05) is 6.54 Å². The summed E-state index contributed by atoms with van der Waals surface area (Å²) < 4.78 is 15.2. The number of hydrogen-bond donors (Lipinski definition) is 0. The van der Waals surface area contributed by atoms with Gasteiger partial charge in [0.2, 0.25) is 0 Å². The molecule has 112 valence electrons. The van der Waals surface area contributed by atoms with E-state index in [4.69, 9.17) is 0 Å². The average molecular weight is 289 g/mol. The molecule has 0 unspecified atom stereocenters. The highest BCUT2D eigenvalue weighted by Gasteiger charge is 2.17. The fourth-order valence-corrected chi connectivity index (χ4v) is 2.34. The molecule has 21 heavy (non-hydrogen) atoms. The van der Waals surface area contributed by atoms with Crippen LogP contribution in [0.2, 0.25) is 0 Å². The number of carbonyl (C=O) groups excluding carboxylic acids is 1. The van der Waals surface area contributed by atoms with Gasteiger partial charge in [-0.2, -0.15) is 5.10 Å². The van der Waals surface area contributed by atoms with Crippen molar-refractivity contribution in [2.24, 2.45) is 7.05 Å². The molecular weight excluding hydrogens is 269 g/mol. The molecule has 1 amide bonds. The molecule has 0 aliphatic rings. The summed E-state index contributed by atoms with van der Waals surface area (Å²) in [4.78, 5) is 14.3. The number of hydrogen-bond acceptors (Lipinski definition) is 2. The Hall–Kier alpha value is -2.17. The molecule has 1 heterocycles. The van der Waals surface area contributed by atoms with Crippen molar-refractivity contribution >= 4 is 5.91 Å². The van der Waals surface area contributed by atoms with Gasteiger partial charge >= 0.3 is 0 Å². The van der Waals surface area contributed by atoms with Gasteiger partial charge in [-0.3, -0.25) is 9.48 Å². The molecule has 1 aromatic carbocycles. The lowest BCUT2D eigenvalue weighted by Crippen LogP contribution is -2.31. The molecule has 0 atom stereocenters. The summed E-state index contributed by atoms with van der Waals surface area (Å²) in [6.07, 6.45) is 4.47. The fraction of sp³-hybridized carbons (Fsp3) is 0.375. The van der Waals surface area contributed by atoms with Crippen molar-refractivity contribution in [3.8, 4) is 0 Å². The Morgan fingerprint density at radius 2 is 2.14 bits per heavy atom. The first-order chi connectivity index (χ1) is 9.99. The standard InChI is InChI=1S/C16H20FN3O/c1-4-5-20(11-13-9-18-19(3)10-13)16(21)14-6-12(2)7-15(17)8-14/h6-10H,4-5,11H2,1-3H3. The first-order valence-corrected chi connectivity index (χ1v) is 7.03. The molecule has 0 fully saturated rings. The predicted octanol–water partition coefficient (Wildman–Crippen LogP) is 2.92. The predicted molar refractivity (Wildman–Crippen MR) is 79.4 cm³/mol. The summed E-state index contributed by atoms with van der Waals surface area (Å²) in [5.74, 6) is -0.528. The third kappa shape index (κ3) is 3.90. The zero-order valence-electron chi connectivity index (χ0n) is 12.6. The maximum Gasteiger partial charge on any atom is 0.254 e. The van der Waals surface area contributed by atoms with E-state index in [2.05, 4.69) is 5.10 Å². The van der Waals surface area contributed by atoms with Crippen molar-refractivity contribution in [3.63, 3.8) is 0 Å². The summed E-state index contributed by atoms with van der Waals surface area (Å²) in [6.45, 7) is 4.91. The van der Waals surface area contributed by atoms with Crippen LogP contribution in [0.1, 0.15) is 34.8 Å². The zero-order valence-corrected chi connectivity index (χ0v) is 12.6. The summed E-state index contributed by atoms with van der Waals surface area (Å²) in [5.41, 5.74) is 2.11. The molecule has 0 aliphatic carbocycles. The Morgan fingerprint density at radius 3 is 2.71 bits per heavy atom. The first-order valence-electron chi connectivity index (χ1n) is 7.03. The normalized spacial score (nSPS) is 10.7. The highest BCUT2D eigenvalue weighted by Crippen LogP contribution is 2.14. The van der Waals surface area contributed by atoms with Gasteiger partial charge in [0.25, 0.3) is 5.91 Å². The number of aryl methyl sites for hydroxylation is 2. The molecule has 2 rings (SSSR count). The van der Waals surface area contributed by atoms with Gasteiger partial charge in [-0.1, -0.05) is 6.92 Å². The van der Waals surface area contributed by atoms with Crippen LogP contribution in [-0.2, 0) is 13.6 Å². The van der Waals surface area contributed by atoms with E-state index in [0.717, 1.165) is 17.5 Å². The van der Waals surface area contributed by atoms with Crippen LogP contribution in [-0.4, -0.2) is 27.1 Å². The number of amides is 1. The number of aromatic nitrogens is 2. The maximum absolute atomic E-state index is 13.5. The number of nitrogens with zero attached hydrogens (tertiary/aromatic N) is 3. The minimum atomic E-state index is -0.379. The third-order valence-corrected chi connectivity index (χ3v) is 3.20. The lowest BCUT2D eigenvalue weighted by atomic mass is 10.1. The van der Waals surface area contributed by atoms with Crippen LogP contribution in [0.25, 0.3) is 0 Å². The third-order valence-electron chi connectivity index (χ3n) is 3.20. The van der Waals surface area contributed by atoms with E-state index in [1.807, 2.05) is 20.2 Å². The van der Waals surface area contributed by atoms with E-state index in [-0.39, 0.29) is 11.7 Å². The minimum Gasteiger partial charge on any atom is -0.334 e. The van der Waals surface area contributed by atoms with Gasteiger partial charge in [-0.25, -0.2) is 4.39 Å². The second-order valence-electron chi connectivity index (χ2n) is 5.27. The van der Waals surface area contributed by atoms with Gasteiger partial charge in [0.1, 0.15) is 5.82 Å². The van der Waals surface area contributed by atoms with Gasteiger partial charge in [0.15, 0.2) is 0 Å². The molecule has 4 nitrogen and oxygen atoms in total. The van der Waals surface area contributed by atoms with E-state index in [0.29, 0.717) is 18.7 Å². The van der Waals surface area contributed by atoms with Gasteiger partial charge < -0.3 is 4.90 Å². The van der Waals surface area contributed by atoms with Crippen LogP contribution in [0.15, 0.2) is 30.6 Å². The Labute approximate surface area is 124 Å². The quantitative estimate of drug-likeness (QED) is 0.849. The van der Waals surface area contributed by atoms with Crippen molar-refractivity contribution in [3.05, 3.63) is 53.1 Å². The molecule has 0 N–H and O–H groups in total. The molecule has 5 heteroatoms. The number of rotatable bonds is 5. The molecule has 0 saturated heterocycles. The largest absolute Gasteiger partial charge is 0.334 e. The smallest absolute Gasteiger partial charge is 0.254 e. The summed E-state index contributed by atoms with van der Waals surface area (Å²) in [7, 11) is 1.84. The van der Waals surface area contributed by atoms with Gasteiger partial charge in [-0.05, 0) is 37.1 Å². The Balaban J connectivity index is 2.22. The molecule has 0 saturated carbocycles. The SMILES string of the molecule is CCCN(Cc1cnn(C)c1)C(=O)c1cc(C)cc(F)c1. The van der Waals surface area contributed by atoms with Crippen LogP contribution < -0.4 is 0 Å². The molecule has 2 aromatic rings. The van der Waals surface area contributed by atoms with E-state index < -0.39 is 0 Å². The van der Waals surface area contributed by atoms with Crippen molar-refractivity contribution in [2.45, 2.75) is 26.8 Å². The molecule has 0 aliphatic heterocycles.